The predicted molar refractivity (Wildman–Crippen MR) is 157 cm³/mol. The zero-order valence-corrected chi connectivity index (χ0v) is 22.9. The number of nitrogens with one attached hydrogen (secondary N) is 2. The molecule has 204 valence electrons. The van der Waals surface area contributed by atoms with Crippen molar-refractivity contribution >= 4 is 28.3 Å². The van der Waals surface area contributed by atoms with Crippen molar-refractivity contribution < 1.29 is 9.53 Å². The van der Waals surface area contributed by atoms with Gasteiger partial charge in [0.25, 0.3) is 5.91 Å². The van der Waals surface area contributed by atoms with Crippen molar-refractivity contribution in [2.45, 2.75) is 25.7 Å². The molecule has 0 atom stereocenters. The van der Waals surface area contributed by atoms with E-state index in [1.807, 2.05) is 36.4 Å². The lowest BCUT2D eigenvalue weighted by atomic mass is 9.90. The molecule has 2 N–H and O–H groups in total. The second-order valence-corrected chi connectivity index (χ2v) is 9.96. The third kappa shape index (κ3) is 6.42. The topological polar surface area (TPSA) is 139 Å². The molecule has 0 saturated heterocycles. The van der Waals surface area contributed by atoms with Crippen molar-refractivity contribution in [2.24, 2.45) is 0 Å². The highest BCUT2D eigenvalue weighted by Gasteiger charge is 2.22. The minimum absolute atomic E-state index is 0.339. The Hall–Kier alpha value is -5.43. The van der Waals surface area contributed by atoms with Gasteiger partial charge in [-0.3, -0.25) is 14.8 Å². The van der Waals surface area contributed by atoms with E-state index >= 15 is 0 Å². The molecular formula is C31H28N8O2. The van der Waals surface area contributed by atoms with E-state index in [4.69, 9.17) is 4.74 Å². The number of fused-ring (bicyclic) bond motifs is 1. The van der Waals surface area contributed by atoms with Crippen LogP contribution in [0.25, 0.3) is 22.2 Å². The van der Waals surface area contributed by atoms with E-state index in [0.29, 0.717) is 22.6 Å². The van der Waals surface area contributed by atoms with Crippen LogP contribution in [0.2, 0.25) is 0 Å². The molecule has 0 aliphatic heterocycles. The molecule has 0 aliphatic carbocycles. The zero-order valence-electron chi connectivity index (χ0n) is 22.9. The van der Waals surface area contributed by atoms with Crippen molar-refractivity contribution in [3.8, 4) is 23.1 Å². The van der Waals surface area contributed by atoms with Gasteiger partial charge < -0.3 is 15.4 Å². The number of nitriles is 1. The van der Waals surface area contributed by atoms with Crippen LogP contribution in [0.5, 0.6) is 5.75 Å². The van der Waals surface area contributed by atoms with Gasteiger partial charge in [-0.1, -0.05) is 12.1 Å². The second kappa shape index (κ2) is 11.8. The molecule has 0 unspecified atom stereocenters. The van der Waals surface area contributed by atoms with E-state index in [1.54, 1.807) is 51.6 Å². The van der Waals surface area contributed by atoms with E-state index in [2.05, 4.69) is 41.9 Å². The van der Waals surface area contributed by atoms with Gasteiger partial charge in [-0.05, 0) is 62.2 Å². The molecule has 5 rings (SSSR count). The number of hydrogen-bond donors (Lipinski definition) is 2. The Bertz CT molecular complexity index is 1750. The van der Waals surface area contributed by atoms with Gasteiger partial charge in [0, 0.05) is 47.7 Å². The van der Waals surface area contributed by atoms with Crippen LogP contribution in [0, 0.1) is 11.3 Å². The summed E-state index contributed by atoms with van der Waals surface area (Å²) in [6.07, 6.45) is 7.34. The number of carbonyl (C=O) groups excluding carboxylic acids is 1. The molecule has 4 heterocycles. The van der Waals surface area contributed by atoms with E-state index in [1.165, 1.54) is 18.0 Å². The van der Waals surface area contributed by atoms with Crippen LogP contribution >= 0.6 is 0 Å². The Labute approximate surface area is 237 Å². The maximum Gasteiger partial charge on any atom is 0.255 e. The van der Waals surface area contributed by atoms with Crippen molar-refractivity contribution in [3.05, 3.63) is 96.2 Å². The third-order valence-corrected chi connectivity index (χ3v) is 6.59. The molecule has 0 radical (unpaired) electrons. The summed E-state index contributed by atoms with van der Waals surface area (Å²) in [5, 5.41) is 24.7. The number of nitrogens with zero attached hydrogens (tertiary/aromatic N) is 6. The van der Waals surface area contributed by atoms with Gasteiger partial charge in [0.2, 0.25) is 0 Å². The van der Waals surface area contributed by atoms with Crippen LogP contribution in [0.4, 0.5) is 11.5 Å². The highest BCUT2D eigenvalue weighted by molar-refractivity contribution is 6.04. The molecule has 0 aliphatic rings. The third-order valence-electron chi connectivity index (χ3n) is 6.59. The summed E-state index contributed by atoms with van der Waals surface area (Å²) in [6.45, 7) is 4.24. The normalized spacial score (nSPS) is 11.1. The van der Waals surface area contributed by atoms with Gasteiger partial charge in [-0.2, -0.15) is 15.5 Å². The number of ether oxygens (including phenoxy) is 1. The lowest BCUT2D eigenvalue weighted by Gasteiger charge is -2.15. The summed E-state index contributed by atoms with van der Waals surface area (Å²) in [7, 11) is 1.66. The van der Waals surface area contributed by atoms with E-state index < -0.39 is 5.41 Å². The standard InChI is InChI=1S/C31H28N8O2/c1-31(2,19-32)28-13-21(9-11-33-28)30(40)38-24-14-27(39-37-18-24)23-12-22-17-36-29(15-26(22)35-16-23)34-10-8-20-4-6-25(41-3)7-5-20/h4-7,9,11-18H,8,10H2,1-3H3,(H,34,36)(H,38,39,40). The van der Waals surface area contributed by atoms with Crippen LogP contribution in [0.1, 0.15) is 35.5 Å². The summed E-state index contributed by atoms with van der Waals surface area (Å²) >= 11 is 0. The molecule has 0 fully saturated rings. The monoisotopic (exact) mass is 544 g/mol. The molecule has 10 nitrogen and oxygen atoms in total. The molecule has 10 heteroatoms. The number of carbonyl (C=O) groups is 1. The summed E-state index contributed by atoms with van der Waals surface area (Å²) in [5.41, 5.74) is 3.87. The fraction of sp³-hybridized carbons (Fsp3) is 0.194. The number of methoxy groups -OCH3 is 1. The van der Waals surface area contributed by atoms with E-state index in [9.17, 15) is 10.1 Å². The highest BCUT2D eigenvalue weighted by atomic mass is 16.5. The molecule has 41 heavy (non-hydrogen) atoms. The minimum atomic E-state index is -0.812. The fourth-order valence-corrected chi connectivity index (χ4v) is 4.14. The molecule has 0 bridgehead atoms. The number of pyridine rings is 3. The SMILES string of the molecule is COc1ccc(CCNc2cc3ncc(-c4cc(NC(=O)c5ccnc(C(C)(C)C#N)c5)cnn4)cc3cn2)cc1. The first-order chi connectivity index (χ1) is 19.8. The van der Waals surface area contributed by atoms with Gasteiger partial charge in [-0.25, -0.2) is 4.98 Å². The first kappa shape index (κ1) is 27.1. The molecule has 1 aromatic carbocycles. The Morgan fingerprint density at radius 1 is 1.00 bits per heavy atom. The largest absolute Gasteiger partial charge is 0.497 e. The predicted octanol–water partition coefficient (Wildman–Crippen LogP) is 5.20. The lowest BCUT2D eigenvalue weighted by Crippen LogP contribution is -2.18. The average molecular weight is 545 g/mol. The van der Waals surface area contributed by atoms with Crippen molar-refractivity contribution in [3.63, 3.8) is 0 Å². The molecule has 5 aromatic rings. The zero-order chi connectivity index (χ0) is 28.8. The van der Waals surface area contributed by atoms with Gasteiger partial charge in [0.05, 0.1) is 47.4 Å². The van der Waals surface area contributed by atoms with Crippen LogP contribution < -0.4 is 15.4 Å². The van der Waals surface area contributed by atoms with Gasteiger partial charge in [0.15, 0.2) is 0 Å². The van der Waals surface area contributed by atoms with Crippen LogP contribution in [-0.2, 0) is 11.8 Å². The fourth-order valence-electron chi connectivity index (χ4n) is 4.14. The Morgan fingerprint density at radius 3 is 2.61 bits per heavy atom. The molecular weight excluding hydrogens is 516 g/mol. The smallest absolute Gasteiger partial charge is 0.255 e. The number of aromatic nitrogens is 5. The van der Waals surface area contributed by atoms with Gasteiger partial charge in [0.1, 0.15) is 11.6 Å². The van der Waals surface area contributed by atoms with E-state index in [0.717, 1.165) is 41.0 Å². The van der Waals surface area contributed by atoms with E-state index in [-0.39, 0.29) is 5.91 Å². The summed E-state index contributed by atoms with van der Waals surface area (Å²) in [5.74, 6) is 1.24. The quantitative estimate of drug-likeness (QED) is 0.256. The Kier molecular flexibility index (Phi) is 7.78. The summed E-state index contributed by atoms with van der Waals surface area (Å²) in [4.78, 5) is 26.3. The Morgan fingerprint density at radius 2 is 1.83 bits per heavy atom. The lowest BCUT2D eigenvalue weighted by molar-refractivity contribution is 0.102. The molecule has 4 aromatic heterocycles. The maximum atomic E-state index is 12.9. The first-order valence-electron chi connectivity index (χ1n) is 13.0. The van der Waals surface area contributed by atoms with Crippen LogP contribution in [0.15, 0.2) is 79.4 Å². The number of amides is 1. The Balaban J connectivity index is 1.26. The number of anilines is 2. The minimum Gasteiger partial charge on any atom is -0.497 e. The number of hydrogen-bond acceptors (Lipinski definition) is 9. The van der Waals surface area contributed by atoms with Gasteiger partial charge >= 0.3 is 0 Å². The van der Waals surface area contributed by atoms with Crippen molar-refractivity contribution in [1.82, 2.24) is 25.1 Å². The first-order valence-corrected chi connectivity index (χ1v) is 13.0. The van der Waals surface area contributed by atoms with Gasteiger partial charge in [-0.15, -0.1) is 0 Å². The molecule has 0 saturated carbocycles. The maximum absolute atomic E-state index is 12.9. The van der Waals surface area contributed by atoms with Crippen molar-refractivity contribution in [1.29, 1.82) is 5.26 Å². The number of benzene rings is 1. The molecule has 1 amide bonds. The van der Waals surface area contributed by atoms with Crippen LogP contribution in [-0.4, -0.2) is 44.7 Å². The second-order valence-electron chi connectivity index (χ2n) is 9.96. The van der Waals surface area contributed by atoms with Crippen LogP contribution in [0.3, 0.4) is 0 Å². The number of rotatable bonds is 9. The average Bonchev–Trinajstić information content (AvgIpc) is 3.01. The molecule has 0 spiro atoms. The highest BCUT2D eigenvalue weighted by Crippen LogP contribution is 2.25. The summed E-state index contributed by atoms with van der Waals surface area (Å²) in [6, 6.07) is 19.0. The van der Waals surface area contributed by atoms with Crippen molar-refractivity contribution in [2.75, 3.05) is 24.3 Å². The summed E-state index contributed by atoms with van der Waals surface area (Å²) < 4.78 is 5.21.